The predicted molar refractivity (Wildman–Crippen MR) is 124 cm³/mol. The molecular weight excluding hydrogens is 445 g/mol. The zero-order valence-corrected chi connectivity index (χ0v) is 19.5. The lowest BCUT2D eigenvalue weighted by atomic mass is 10.1. The van der Waals surface area contributed by atoms with Gasteiger partial charge < -0.3 is 9.47 Å². The normalized spacial score (nSPS) is 15.6. The molecule has 0 aliphatic carbocycles. The molecule has 8 heteroatoms. The molecule has 0 aliphatic rings. The second-order valence-electron chi connectivity index (χ2n) is 8.20. The topological polar surface area (TPSA) is 61.3 Å². The van der Waals surface area contributed by atoms with Gasteiger partial charge in [0.15, 0.2) is 12.0 Å². The molecule has 5 nitrogen and oxygen atoms in total. The van der Waals surface area contributed by atoms with Crippen molar-refractivity contribution in [2.24, 2.45) is 0 Å². The fourth-order valence-corrected chi connectivity index (χ4v) is 3.08. The van der Waals surface area contributed by atoms with Gasteiger partial charge in [0, 0.05) is 18.0 Å². The average Bonchev–Trinajstić information content (AvgIpc) is 2.84. The first-order valence-electron chi connectivity index (χ1n) is 11.0. The summed E-state index contributed by atoms with van der Waals surface area (Å²) in [5.74, 6) is 0.00929. The van der Waals surface area contributed by atoms with E-state index in [1.807, 2.05) is 0 Å². The summed E-state index contributed by atoms with van der Waals surface area (Å²) in [6.07, 6.45) is -1.16. The molecular formula is C26H27F3N2O3. The summed E-state index contributed by atoms with van der Waals surface area (Å²) < 4.78 is 52.1. The predicted octanol–water partition coefficient (Wildman–Crippen LogP) is 6.32. The van der Waals surface area contributed by atoms with Crippen molar-refractivity contribution in [2.75, 3.05) is 0 Å². The van der Waals surface area contributed by atoms with Crippen molar-refractivity contribution >= 4 is 5.97 Å². The molecule has 4 atom stereocenters. The highest BCUT2D eigenvalue weighted by molar-refractivity contribution is 5.81. The van der Waals surface area contributed by atoms with E-state index in [2.05, 4.69) is 9.97 Å². The lowest BCUT2D eigenvalue weighted by Crippen LogP contribution is -2.33. The molecule has 1 heterocycles. The van der Waals surface area contributed by atoms with Crippen LogP contribution in [0, 0.1) is 0 Å². The van der Waals surface area contributed by atoms with E-state index in [1.54, 1.807) is 67.8 Å². The third kappa shape index (κ3) is 5.92. The van der Waals surface area contributed by atoms with E-state index in [0.29, 0.717) is 22.7 Å². The van der Waals surface area contributed by atoms with E-state index in [-0.39, 0.29) is 12.2 Å². The van der Waals surface area contributed by atoms with Crippen LogP contribution in [0.15, 0.2) is 60.9 Å². The van der Waals surface area contributed by atoms with E-state index in [0.717, 1.165) is 12.5 Å². The summed E-state index contributed by atoms with van der Waals surface area (Å²) in [6.45, 7) is 5.38. The second kappa shape index (κ2) is 10.7. The number of rotatable bonds is 9. The van der Waals surface area contributed by atoms with Gasteiger partial charge in [0.05, 0.1) is 5.56 Å². The zero-order chi connectivity index (χ0) is 24.9. The molecule has 0 bridgehead atoms. The molecule has 1 aromatic heterocycles. The maximum Gasteiger partial charge on any atom is 0.348 e. The number of benzene rings is 2. The number of aromatic nitrogens is 2. The first kappa shape index (κ1) is 25.2. The smallest absolute Gasteiger partial charge is 0.348 e. The Morgan fingerprint density at radius 3 is 2.21 bits per heavy atom. The molecule has 180 valence electrons. The molecule has 0 saturated carbocycles. The van der Waals surface area contributed by atoms with Crippen LogP contribution in [0.1, 0.15) is 34.1 Å². The first-order valence-corrected chi connectivity index (χ1v) is 11.0. The van der Waals surface area contributed by atoms with E-state index < -0.39 is 30.1 Å². The Morgan fingerprint density at radius 1 is 1.00 bits per heavy atom. The standard InChI is InChI=1S/C26H27F3N2O3/c1-5-26(4,29)25(32)34-20-12-10-18(11-13-20)19-14-30-24(31-15-19)21-8-6-7-9-22(21)33-17(3)23(28)16(2)27/h6-17,23H,5H2,1-4H3. The largest absolute Gasteiger partial charge is 0.487 e. The molecule has 3 aromatic rings. The molecule has 0 fully saturated rings. The van der Waals surface area contributed by atoms with Crippen LogP contribution in [0.4, 0.5) is 13.2 Å². The molecule has 0 aliphatic heterocycles. The van der Waals surface area contributed by atoms with Crippen LogP contribution >= 0.6 is 0 Å². The highest BCUT2D eigenvalue weighted by atomic mass is 19.2. The van der Waals surface area contributed by atoms with E-state index in [1.165, 1.54) is 13.8 Å². The van der Waals surface area contributed by atoms with E-state index in [9.17, 15) is 18.0 Å². The maximum absolute atomic E-state index is 14.1. The van der Waals surface area contributed by atoms with Gasteiger partial charge in [-0.25, -0.2) is 27.9 Å². The number of alkyl halides is 3. The summed E-state index contributed by atoms with van der Waals surface area (Å²) >= 11 is 0. The van der Waals surface area contributed by atoms with Gasteiger partial charge in [-0.15, -0.1) is 0 Å². The van der Waals surface area contributed by atoms with Gasteiger partial charge in [-0.3, -0.25) is 0 Å². The van der Waals surface area contributed by atoms with Crippen LogP contribution < -0.4 is 9.47 Å². The summed E-state index contributed by atoms with van der Waals surface area (Å²) in [5.41, 5.74) is -0.0327. The van der Waals surface area contributed by atoms with Crippen LogP contribution in [0.3, 0.4) is 0 Å². The lowest BCUT2D eigenvalue weighted by Gasteiger charge is -2.21. The van der Waals surface area contributed by atoms with Crippen molar-refractivity contribution in [2.45, 2.75) is 58.2 Å². The minimum Gasteiger partial charge on any atom is -0.487 e. The molecule has 0 N–H and O–H groups in total. The summed E-state index contributed by atoms with van der Waals surface area (Å²) in [7, 11) is 0. The lowest BCUT2D eigenvalue weighted by molar-refractivity contribution is -0.146. The zero-order valence-electron chi connectivity index (χ0n) is 19.5. The molecule has 0 saturated heterocycles. The molecule has 0 amide bonds. The van der Waals surface area contributed by atoms with Crippen molar-refractivity contribution in [3.05, 3.63) is 60.9 Å². The Balaban J connectivity index is 1.76. The summed E-state index contributed by atoms with van der Waals surface area (Å²) in [4.78, 5) is 20.7. The minimum absolute atomic E-state index is 0.0179. The molecule has 0 spiro atoms. The Bertz CT molecular complexity index is 1100. The van der Waals surface area contributed by atoms with E-state index >= 15 is 0 Å². The molecule has 0 radical (unpaired) electrons. The Hall–Kier alpha value is -3.42. The SMILES string of the molecule is CCC(C)(F)C(=O)Oc1ccc(-c2cnc(-c3ccccc3OC(C)C(F)C(C)F)nc2)cc1. The fraction of sp³-hybridized carbons (Fsp3) is 0.346. The number of carbonyl (C=O) groups is 1. The summed E-state index contributed by atoms with van der Waals surface area (Å²) in [6, 6.07) is 13.4. The van der Waals surface area contributed by atoms with Crippen LogP contribution in [0.2, 0.25) is 0 Å². The average molecular weight is 473 g/mol. The fourth-order valence-electron chi connectivity index (χ4n) is 3.08. The van der Waals surface area contributed by atoms with Crippen molar-refractivity contribution < 1.29 is 27.4 Å². The highest BCUT2D eigenvalue weighted by Gasteiger charge is 2.33. The first-order chi connectivity index (χ1) is 16.1. The van der Waals surface area contributed by atoms with Gasteiger partial charge in [-0.05, 0) is 57.0 Å². The van der Waals surface area contributed by atoms with Gasteiger partial charge in [-0.2, -0.15) is 0 Å². The third-order valence-electron chi connectivity index (χ3n) is 5.47. The van der Waals surface area contributed by atoms with Gasteiger partial charge in [-0.1, -0.05) is 31.2 Å². The van der Waals surface area contributed by atoms with Crippen molar-refractivity contribution in [1.29, 1.82) is 0 Å². The van der Waals surface area contributed by atoms with Crippen LogP contribution in [0.25, 0.3) is 22.5 Å². The van der Waals surface area contributed by atoms with Gasteiger partial charge >= 0.3 is 5.97 Å². The monoisotopic (exact) mass is 472 g/mol. The summed E-state index contributed by atoms with van der Waals surface area (Å²) in [5, 5.41) is 0. The number of carbonyl (C=O) groups excluding carboxylic acids is 1. The molecule has 3 rings (SSSR count). The second-order valence-corrected chi connectivity index (χ2v) is 8.20. The number of para-hydroxylation sites is 1. The van der Waals surface area contributed by atoms with E-state index in [4.69, 9.17) is 9.47 Å². The molecule has 4 unspecified atom stereocenters. The Labute approximate surface area is 197 Å². The number of hydrogen-bond donors (Lipinski definition) is 0. The third-order valence-corrected chi connectivity index (χ3v) is 5.47. The van der Waals surface area contributed by atoms with Crippen LogP contribution in [-0.2, 0) is 4.79 Å². The number of halogens is 3. The molecule has 34 heavy (non-hydrogen) atoms. The number of hydrogen-bond acceptors (Lipinski definition) is 5. The van der Waals surface area contributed by atoms with Crippen LogP contribution in [-0.4, -0.2) is 40.1 Å². The van der Waals surface area contributed by atoms with Gasteiger partial charge in [0.1, 0.15) is 23.8 Å². The number of nitrogens with zero attached hydrogens (tertiary/aromatic N) is 2. The molecule has 2 aromatic carbocycles. The van der Waals surface area contributed by atoms with Crippen molar-refractivity contribution in [1.82, 2.24) is 9.97 Å². The maximum atomic E-state index is 14.1. The quantitative estimate of drug-likeness (QED) is 0.270. The van der Waals surface area contributed by atoms with Crippen LogP contribution in [0.5, 0.6) is 11.5 Å². The Morgan fingerprint density at radius 2 is 1.62 bits per heavy atom. The van der Waals surface area contributed by atoms with Gasteiger partial charge in [0.25, 0.3) is 0 Å². The Kier molecular flexibility index (Phi) is 7.91. The van der Waals surface area contributed by atoms with Crippen molar-refractivity contribution in [3.8, 4) is 34.0 Å². The number of esters is 1. The van der Waals surface area contributed by atoms with Crippen molar-refractivity contribution in [3.63, 3.8) is 0 Å². The van der Waals surface area contributed by atoms with Gasteiger partial charge in [0.2, 0.25) is 5.67 Å². The highest BCUT2D eigenvalue weighted by Crippen LogP contribution is 2.30. The minimum atomic E-state index is -2.05. The number of ether oxygens (including phenoxy) is 2.